The lowest BCUT2D eigenvalue weighted by atomic mass is 10.1. The molecule has 0 fully saturated rings. The van der Waals surface area contributed by atoms with Crippen LogP contribution in [0.3, 0.4) is 0 Å². The number of para-hydroxylation sites is 1. The van der Waals surface area contributed by atoms with Gasteiger partial charge in [-0.1, -0.05) is 30.3 Å². The summed E-state index contributed by atoms with van der Waals surface area (Å²) in [6.45, 7) is 0.717. The number of nitrogens with zero attached hydrogens (tertiary/aromatic N) is 2. The van der Waals surface area contributed by atoms with Gasteiger partial charge in [0, 0.05) is 33.9 Å². The molecule has 25 heavy (non-hydrogen) atoms. The van der Waals surface area contributed by atoms with Crippen LogP contribution in [0, 0.1) is 16.7 Å². The van der Waals surface area contributed by atoms with E-state index in [2.05, 4.69) is 22.8 Å². The molecule has 0 atom stereocenters. The molecular weight excluding hydrogens is 308 g/mol. The Hall–Kier alpha value is -3.58. The number of fused-ring (bicyclic) bond motifs is 3. The molecule has 0 saturated heterocycles. The van der Waals surface area contributed by atoms with E-state index in [0.29, 0.717) is 5.56 Å². The summed E-state index contributed by atoms with van der Waals surface area (Å²) in [4.78, 5) is 0. The summed E-state index contributed by atoms with van der Waals surface area (Å²) in [6.07, 6.45) is 0. The molecule has 0 aliphatic heterocycles. The number of amidine groups is 1. The summed E-state index contributed by atoms with van der Waals surface area (Å²) in [5.41, 5.74) is 10.4. The topological polar surface area (TPSA) is 78.6 Å². The second-order valence-corrected chi connectivity index (χ2v) is 6.06. The average Bonchev–Trinajstić information content (AvgIpc) is 2.96. The second-order valence-electron chi connectivity index (χ2n) is 6.06. The van der Waals surface area contributed by atoms with Crippen LogP contribution >= 0.6 is 0 Å². The Bertz CT molecular complexity index is 1140. The number of rotatable bonds is 3. The minimum Gasteiger partial charge on any atom is -0.384 e. The van der Waals surface area contributed by atoms with Gasteiger partial charge in [-0.05, 0) is 42.0 Å². The van der Waals surface area contributed by atoms with E-state index in [1.54, 1.807) is 0 Å². The number of nitrogens with one attached hydrogen (secondary N) is 1. The zero-order valence-corrected chi connectivity index (χ0v) is 13.5. The van der Waals surface area contributed by atoms with Crippen molar-refractivity contribution < 1.29 is 0 Å². The van der Waals surface area contributed by atoms with Gasteiger partial charge in [-0.25, -0.2) is 0 Å². The van der Waals surface area contributed by atoms with Crippen LogP contribution in [0.2, 0.25) is 0 Å². The Morgan fingerprint density at radius 1 is 0.960 bits per heavy atom. The highest BCUT2D eigenvalue weighted by Crippen LogP contribution is 2.30. The number of nitriles is 1. The molecule has 0 saturated carbocycles. The minimum absolute atomic E-state index is 0.0748. The lowest BCUT2D eigenvalue weighted by Gasteiger charge is -2.08. The second kappa shape index (κ2) is 5.81. The Morgan fingerprint density at radius 2 is 1.68 bits per heavy atom. The molecule has 0 radical (unpaired) electrons. The number of hydrogen-bond acceptors (Lipinski definition) is 2. The van der Waals surface area contributed by atoms with Crippen molar-refractivity contribution in [2.45, 2.75) is 6.54 Å². The quantitative estimate of drug-likeness (QED) is 0.441. The minimum atomic E-state index is 0.0748. The van der Waals surface area contributed by atoms with Crippen LogP contribution in [0.15, 0.2) is 66.7 Å². The van der Waals surface area contributed by atoms with Crippen LogP contribution in [0.5, 0.6) is 0 Å². The molecule has 0 bridgehead atoms. The van der Waals surface area contributed by atoms with Crippen molar-refractivity contribution in [1.82, 2.24) is 4.57 Å². The molecular formula is C21H16N4. The first-order valence-electron chi connectivity index (χ1n) is 8.02. The summed E-state index contributed by atoms with van der Waals surface area (Å²) in [7, 11) is 0. The summed E-state index contributed by atoms with van der Waals surface area (Å²) in [6, 6.07) is 24.0. The van der Waals surface area contributed by atoms with Crippen molar-refractivity contribution in [2.75, 3.05) is 0 Å². The number of benzene rings is 3. The number of nitrogen functional groups attached to an aromatic ring is 1. The van der Waals surface area contributed by atoms with Gasteiger partial charge in [0.25, 0.3) is 0 Å². The van der Waals surface area contributed by atoms with Gasteiger partial charge in [0.15, 0.2) is 0 Å². The maximum atomic E-state index is 8.96. The first-order valence-corrected chi connectivity index (χ1v) is 8.02. The van der Waals surface area contributed by atoms with Gasteiger partial charge in [-0.3, -0.25) is 5.41 Å². The Labute approximate surface area is 145 Å². The summed E-state index contributed by atoms with van der Waals surface area (Å²) < 4.78 is 2.26. The third kappa shape index (κ3) is 2.52. The Balaban J connectivity index is 1.91. The lowest BCUT2D eigenvalue weighted by Crippen LogP contribution is -2.10. The van der Waals surface area contributed by atoms with Crippen LogP contribution in [-0.2, 0) is 6.54 Å². The van der Waals surface area contributed by atoms with Gasteiger partial charge >= 0.3 is 0 Å². The average molecular weight is 324 g/mol. The van der Waals surface area contributed by atoms with E-state index in [4.69, 9.17) is 16.4 Å². The van der Waals surface area contributed by atoms with Crippen molar-refractivity contribution in [3.05, 3.63) is 83.4 Å². The molecule has 0 amide bonds. The Morgan fingerprint density at radius 3 is 2.40 bits per heavy atom. The molecule has 0 aliphatic rings. The summed E-state index contributed by atoms with van der Waals surface area (Å²) in [5, 5.41) is 18.9. The molecule has 0 spiro atoms. The predicted octanol–water partition coefficient (Wildman–Crippen LogP) is 4.00. The van der Waals surface area contributed by atoms with Crippen LogP contribution in [0.4, 0.5) is 0 Å². The van der Waals surface area contributed by atoms with Crippen molar-refractivity contribution in [3.8, 4) is 6.07 Å². The van der Waals surface area contributed by atoms with Gasteiger partial charge < -0.3 is 10.3 Å². The molecule has 120 valence electrons. The molecule has 3 N–H and O–H groups in total. The fourth-order valence-corrected chi connectivity index (χ4v) is 3.26. The maximum Gasteiger partial charge on any atom is 0.122 e. The highest BCUT2D eigenvalue weighted by atomic mass is 15.0. The van der Waals surface area contributed by atoms with Crippen molar-refractivity contribution in [2.24, 2.45) is 5.73 Å². The Kier molecular flexibility index (Phi) is 3.48. The smallest absolute Gasteiger partial charge is 0.122 e. The molecule has 0 aliphatic carbocycles. The molecule has 4 nitrogen and oxygen atoms in total. The molecule has 1 aromatic heterocycles. The molecule has 0 unspecified atom stereocenters. The fraction of sp³-hybridized carbons (Fsp3) is 0.0476. The van der Waals surface area contributed by atoms with E-state index in [9.17, 15) is 0 Å². The molecule has 4 rings (SSSR count). The van der Waals surface area contributed by atoms with Crippen molar-refractivity contribution in [3.63, 3.8) is 0 Å². The van der Waals surface area contributed by atoms with Crippen molar-refractivity contribution in [1.29, 1.82) is 10.7 Å². The van der Waals surface area contributed by atoms with Gasteiger partial charge in [0.05, 0.1) is 11.6 Å². The van der Waals surface area contributed by atoms with E-state index in [1.807, 2.05) is 54.6 Å². The number of hydrogen-bond donors (Lipinski definition) is 2. The first-order chi connectivity index (χ1) is 12.2. The van der Waals surface area contributed by atoms with Crippen LogP contribution in [0.1, 0.15) is 16.7 Å². The summed E-state index contributed by atoms with van der Waals surface area (Å²) in [5.74, 6) is 0.0748. The monoisotopic (exact) mass is 324 g/mol. The van der Waals surface area contributed by atoms with E-state index < -0.39 is 0 Å². The normalized spacial score (nSPS) is 10.8. The third-order valence-corrected chi connectivity index (χ3v) is 4.51. The van der Waals surface area contributed by atoms with E-state index >= 15 is 0 Å². The zero-order chi connectivity index (χ0) is 17.4. The number of aromatic nitrogens is 1. The van der Waals surface area contributed by atoms with Gasteiger partial charge in [-0.2, -0.15) is 5.26 Å². The standard InChI is InChI=1S/C21H16N4/c22-12-14-5-7-15(8-6-14)13-25-19-4-2-1-3-17(19)18-11-16(21(23)24)9-10-20(18)25/h1-11H,13H2,(H3,23,24). The third-order valence-electron chi connectivity index (χ3n) is 4.51. The van der Waals surface area contributed by atoms with Gasteiger partial charge in [0.1, 0.15) is 5.84 Å². The predicted molar refractivity (Wildman–Crippen MR) is 101 cm³/mol. The van der Waals surface area contributed by atoms with Crippen LogP contribution < -0.4 is 5.73 Å². The largest absolute Gasteiger partial charge is 0.384 e. The zero-order valence-electron chi connectivity index (χ0n) is 13.5. The molecule has 4 aromatic rings. The van der Waals surface area contributed by atoms with E-state index in [1.165, 1.54) is 0 Å². The van der Waals surface area contributed by atoms with Crippen molar-refractivity contribution >= 4 is 27.6 Å². The van der Waals surface area contributed by atoms with Gasteiger partial charge in [-0.15, -0.1) is 0 Å². The van der Waals surface area contributed by atoms with Crippen LogP contribution in [-0.4, -0.2) is 10.4 Å². The lowest BCUT2D eigenvalue weighted by molar-refractivity contribution is 0.869. The summed E-state index contributed by atoms with van der Waals surface area (Å²) >= 11 is 0. The molecule has 3 aromatic carbocycles. The van der Waals surface area contributed by atoms with E-state index in [-0.39, 0.29) is 5.84 Å². The fourth-order valence-electron chi connectivity index (χ4n) is 3.26. The molecule has 1 heterocycles. The number of nitrogens with two attached hydrogens (primary N) is 1. The molecule has 4 heteroatoms. The highest BCUT2D eigenvalue weighted by Gasteiger charge is 2.12. The van der Waals surface area contributed by atoms with Gasteiger partial charge in [0.2, 0.25) is 0 Å². The highest BCUT2D eigenvalue weighted by molar-refractivity contribution is 6.10. The first kappa shape index (κ1) is 15.0. The SMILES string of the molecule is N#Cc1ccc(Cn2c3ccccc3c3cc(C(=N)N)ccc32)cc1. The maximum absolute atomic E-state index is 8.96. The van der Waals surface area contributed by atoms with Crippen LogP contribution in [0.25, 0.3) is 21.8 Å². The van der Waals surface area contributed by atoms with E-state index in [0.717, 1.165) is 39.5 Å².